The minimum atomic E-state index is -3.11. The summed E-state index contributed by atoms with van der Waals surface area (Å²) >= 11 is 9.11. The highest BCUT2D eigenvalue weighted by atomic mass is 79.9. The molecule has 0 aliphatic rings. The first-order valence-corrected chi connectivity index (χ1v) is 7.83. The lowest BCUT2D eigenvalue weighted by molar-refractivity contribution is 0.601. The predicted molar refractivity (Wildman–Crippen MR) is 67.5 cm³/mol. The van der Waals surface area contributed by atoms with E-state index in [1.807, 2.05) is 0 Å². The van der Waals surface area contributed by atoms with Gasteiger partial charge in [-0.3, -0.25) is 0 Å². The number of hydrogen-bond acceptors (Lipinski definition) is 2. The van der Waals surface area contributed by atoms with Crippen LogP contribution in [0.3, 0.4) is 0 Å². The Morgan fingerprint density at radius 2 is 2.06 bits per heavy atom. The van der Waals surface area contributed by atoms with Crippen molar-refractivity contribution in [3.05, 3.63) is 34.1 Å². The number of hydrogen-bond donors (Lipinski definition) is 0. The van der Waals surface area contributed by atoms with E-state index in [1.54, 1.807) is 13.0 Å². The Labute approximate surface area is 108 Å². The largest absolute Gasteiger partial charge is 0.229 e. The van der Waals surface area contributed by atoms with E-state index in [9.17, 15) is 12.8 Å². The van der Waals surface area contributed by atoms with Crippen LogP contribution in [0.2, 0.25) is 5.02 Å². The molecule has 0 aliphatic heterocycles. The van der Waals surface area contributed by atoms with Gasteiger partial charge in [-0.1, -0.05) is 33.6 Å². The van der Waals surface area contributed by atoms with E-state index in [0.717, 1.165) is 6.26 Å². The third kappa shape index (κ3) is 3.71. The van der Waals surface area contributed by atoms with Gasteiger partial charge in [-0.25, -0.2) is 12.8 Å². The van der Waals surface area contributed by atoms with E-state index in [4.69, 9.17) is 11.6 Å². The van der Waals surface area contributed by atoms with Crippen molar-refractivity contribution in [3.8, 4) is 0 Å². The van der Waals surface area contributed by atoms with Crippen LogP contribution in [0, 0.1) is 12.7 Å². The fourth-order valence-electron chi connectivity index (χ4n) is 1.28. The van der Waals surface area contributed by atoms with Gasteiger partial charge in [0.25, 0.3) is 0 Å². The van der Waals surface area contributed by atoms with E-state index in [-0.39, 0.29) is 10.8 Å². The van der Waals surface area contributed by atoms with Crippen LogP contribution >= 0.6 is 27.5 Å². The molecule has 0 heterocycles. The summed E-state index contributed by atoms with van der Waals surface area (Å²) in [6, 6.07) is 2.75. The van der Waals surface area contributed by atoms with Crippen molar-refractivity contribution >= 4 is 37.4 Å². The first-order chi connectivity index (χ1) is 7.20. The molecule has 0 fully saturated rings. The Morgan fingerprint density at radius 1 is 1.50 bits per heavy atom. The summed E-state index contributed by atoms with van der Waals surface area (Å²) in [4.78, 5) is -0.422. The van der Waals surface area contributed by atoms with E-state index < -0.39 is 20.5 Å². The minimum absolute atomic E-state index is 0.0716. The molecule has 2 nitrogen and oxygen atoms in total. The number of sulfone groups is 1. The van der Waals surface area contributed by atoms with E-state index in [1.165, 1.54) is 6.07 Å². The Morgan fingerprint density at radius 3 is 2.56 bits per heavy atom. The van der Waals surface area contributed by atoms with Crippen LogP contribution in [0.25, 0.3) is 0 Å². The molecule has 0 aliphatic carbocycles. The highest BCUT2D eigenvalue weighted by Crippen LogP contribution is 2.32. The smallest absolute Gasteiger partial charge is 0.148 e. The average molecular weight is 330 g/mol. The molecule has 1 aromatic carbocycles. The topological polar surface area (TPSA) is 34.1 Å². The molecule has 6 heteroatoms. The van der Waals surface area contributed by atoms with E-state index >= 15 is 0 Å². The Balaban J connectivity index is 3.09. The molecule has 0 spiro atoms. The van der Waals surface area contributed by atoms with Gasteiger partial charge in [0.15, 0.2) is 0 Å². The van der Waals surface area contributed by atoms with Crippen molar-refractivity contribution in [2.24, 2.45) is 0 Å². The summed E-state index contributed by atoms with van der Waals surface area (Å²) in [7, 11) is -3.11. The molecule has 0 N–H and O–H groups in total. The third-order valence-corrected chi connectivity index (χ3v) is 4.58. The number of alkyl halides is 1. The molecule has 1 aromatic rings. The molecular formula is C10H11BrClFO2S. The van der Waals surface area contributed by atoms with Crippen LogP contribution in [0.15, 0.2) is 12.1 Å². The van der Waals surface area contributed by atoms with Crippen LogP contribution in [-0.4, -0.2) is 20.4 Å². The van der Waals surface area contributed by atoms with Crippen molar-refractivity contribution in [1.29, 1.82) is 0 Å². The fraction of sp³-hybridized carbons (Fsp3) is 0.400. The van der Waals surface area contributed by atoms with E-state index in [2.05, 4.69) is 15.9 Å². The monoisotopic (exact) mass is 328 g/mol. The summed E-state index contributed by atoms with van der Waals surface area (Å²) in [6.07, 6.45) is 1.14. The molecule has 0 bridgehead atoms. The second kappa shape index (κ2) is 5.02. The number of rotatable bonds is 3. The maximum Gasteiger partial charge on any atom is 0.148 e. The quantitative estimate of drug-likeness (QED) is 0.798. The van der Waals surface area contributed by atoms with Crippen LogP contribution in [0.4, 0.5) is 4.39 Å². The molecule has 90 valence electrons. The molecule has 0 aromatic heterocycles. The second-order valence-corrected chi connectivity index (χ2v) is 7.38. The van der Waals surface area contributed by atoms with Crippen molar-refractivity contribution in [2.45, 2.75) is 11.8 Å². The Kier molecular flexibility index (Phi) is 4.37. The van der Waals surface area contributed by atoms with Gasteiger partial charge in [0.05, 0.1) is 10.6 Å². The maximum atomic E-state index is 13.1. The first kappa shape index (κ1) is 13.9. The normalized spacial score (nSPS) is 13.8. The molecule has 1 atom stereocenters. The van der Waals surface area contributed by atoms with Gasteiger partial charge < -0.3 is 0 Å². The van der Waals surface area contributed by atoms with E-state index in [0.29, 0.717) is 11.1 Å². The summed E-state index contributed by atoms with van der Waals surface area (Å²) in [6.45, 7) is 1.61. The zero-order valence-corrected chi connectivity index (χ0v) is 12.0. The third-order valence-electron chi connectivity index (χ3n) is 2.06. The number of benzene rings is 1. The Hall–Kier alpha value is -0.130. The summed E-state index contributed by atoms with van der Waals surface area (Å²) in [5.41, 5.74) is 1.03. The van der Waals surface area contributed by atoms with Gasteiger partial charge in [-0.05, 0) is 24.1 Å². The van der Waals surface area contributed by atoms with Crippen LogP contribution in [0.5, 0.6) is 0 Å². The molecular weight excluding hydrogens is 319 g/mol. The van der Waals surface area contributed by atoms with Gasteiger partial charge in [-0.2, -0.15) is 0 Å². The van der Waals surface area contributed by atoms with Gasteiger partial charge in [0, 0.05) is 11.3 Å². The summed E-state index contributed by atoms with van der Waals surface area (Å²) in [5, 5.41) is 0.230. The highest BCUT2D eigenvalue weighted by Gasteiger charge is 2.18. The maximum absolute atomic E-state index is 13.1. The molecule has 1 rings (SSSR count). The first-order valence-electron chi connectivity index (χ1n) is 4.48. The van der Waals surface area contributed by atoms with Crippen molar-refractivity contribution in [2.75, 3.05) is 12.0 Å². The minimum Gasteiger partial charge on any atom is -0.229 e. The molecule has 0 radical (unpaired) electrons. The Bertz CT molecular complexity index is 502. The van der Waals surface area contributed by atoms with Crippen molar-refractivity contribution in [3.63, 3.8) is 0 Å². The lowest BCUT2D eigenvalue weighted by atomic mass is 10.1. The van der Waals surface area contributed by atoms with Crippen LogP contribution in [-0.2, 0) is 9.84 Å². The molecule has 0 saturated carbocycles. The average Bonchev–Trinajstić information content (AvgIpc) is 2.08. The molecule has 16 heavy (non-hydrogen) atoms. The molecule has 0 saturated heterocycles. The molecule has 0 amide bonds. The second-order valence-electron chi connectivity index (χ2n) is 3.68. The zero-order chi connectivity index (χ0) is 12.5. The molecule has 1 unspecified atom stereocenters. The SMILES string of the molecule is Cc1cc(C(Br)CS(C)(=O)=O)c(Cl)cc1F. The lowest BCUT2D eigenvalue weighted by Gasteiger charge is -2.12. The van der Waals surface area contributed by atoms with Gasteiger partial charge >= 0.3 is 0 Å². The van der Waals surface area contributed by atoms with Gasteiger partial charge in [0.2, 0.25) is 0 Å². The van der Waals surface area contributed by atoms with Crippen LogP contribution < -0.4 is 0 Å². The predicted octanol–water partition coefficient (Wildman–Crippen LogP) is 3.27. The zero-order valence-electron chi connectivity index (χ0n) is 8.80. The highest BCUT2D eigenvalue weighted by molar-refractivity contribution is 9.09. The fourth-order valence-corrected chi connectivity index (χ4v) is 4.22. The number of halogens is 3. The summed E-state index contributed by atoms with van der Waals surface area (Å²) in [5.74, 6) is -0.467. The number of aryl methyl sites for hydroxylation is 1. The lowest BCUT2D eigenvalue weighted by Crippen LogP contribution is -2.09. The van der Waals surface area contributed by atoms with Crippen LogP contribution in [0.1, 0.15) is 16.0 Å². The van der Waals surface area contributed by atoms with Gasteiger partial charge in [-0.15, -0.1) is 0 Å². The van der Waals surface area contributed by atoms with Crippen molar-refractivity contribution < 1.29 is 12.8 Å². The van der Waals surface area contributed by atoms with Crippen molar-refractivity contribution in [1.82, 2.24) is 0 Å². The standard InChI is InChI=1S/C10H11BrClFO2S/c1-6-3-7(9(12)4-10(6)13)8(11)5-16(2,14)15/h3-4,8H,5H2,1-2H3. The van der Waals surface area contributed by atoms with Gasteiger partial charge in [0.1, 0.15) is 15.7 Å². The summed E-state index contributed by atoms with van der Waals surface area (Å²) < 4.78 is 35.4.